The second-order valence-corrected chi connectivity index (χ2v) is 8.41. The van der Waals surface area contributed by atoms with Crippen LogP contribution in [-0.4, -0.2) is 36.0 Å². The highest BCUT2D eigenvalue weighted by molar-refractivity contribution is 7.99. The van der Waals surface area contributed by atoms with E-state index in [9.17, 15) is 4.79 Å². The molecule has 11 heteroatoms. The summed E-state index contributed by atoms with van der Waals surface area (Å²) < 4.78 is 0. The lowest BCUT2D eigenvalue weighted by molar-refractivity contribution is 0.101. The molecule has 0 saturated carbocycles. The van der Waals surface area contributed by atoms with E-state index in [4.69, 9.17) is 0 Å². The molecule has 4 rings (SSSR count). The Bertz CT molecular complexity index is 1080. The van der Waals surface area contributed by atoms with Gasteiger partial charge in [-0.1, -0.05) is 11.8 Å². The average Bonchev–Trinajstić information content (AvgIpc) is 3.39. The van der Waals surface area contributed by atoms with E-state index in [1.807, 2.05) is 25.1 Å². The molecule has 4 aromatic rings. The van der Waals surface area contributed by atoms with Gasteiger partial charge in [-0.05, 0) is 42.4 Å². The number of H-pyrrole nitrogens is 1. The predicted octanol–water partition coefficient (Wildman–Crippen LogP) is 3.91. The number of aromatic amines is 1. The normalized spacial score (nSPS) is 10.8. The highest BCUT2D eigenvalue weighted by Crippen LogP contribution is 2.34. The van der Waals surface area contributed by atoms with Gasteiger partial charge >= 0.3 is 0 Å². The molecule has 28 heavy (non-hydrogen) atoms. The fourth-order valence-corrected chi connectivity index (χ4v) is 4.33. The maximum atomic E-state index is 12.9. The number of aromatic nitrogens is 6. The van der Waals surface area contributed by atoms with Crippen LogP contribution in [0.25, 0.3) is 0 Å². The van der Waals surface area contributed by atoms with Crippen LogP contribution in [0.5, 0.6) is 0 Å². The van der Waals surface area contributed by atoms with Gasteiger partial charge in [0.15, 0.2) is 10.3 Å². The molecule has 0 aliphatic carbocycles. The Balaban J connectivity index is 1.67. The summed E-state index contributed by atoms with van der Waals surface area (Å²) >= 11 is 4.10. The second-order valence-electron chi connectivity index (χ2n) is 5.42. The number of carbonyl (C=O) groups is 1. The van der Waals surface area contributed by atoms with Crippen LogP contribution in [0, 0.1) is 6.92 Å². The van der Waals surface area contributed by atoms with Gasteiger partial charge in [0.05, 0.1) is 0 Å². The summed E-state index contributed by atoms with van der Waals surface area (Å²) in [5.74, 6) is -0.320. The van der Waals surface area contributed by atoms with E-state index < -0.39 is 0 Å². The lowest BCUT2D eigenvalue weighted by Crippen LogP contribution is -2.15. The third-order valence-electron chi connectivity index (χ3n) is 3.51. The molecule has 0 atom stereocenters. The zero-order valence-corrected chi connectivity index (χ0v) is 16.9. The second kappa shape index (κ2) is 8.50. The SMILES string of the molecule is Cc1ccncc1Sc1ccc(Sc2ncn[nH]2)nc1C(=O)Nc1nccs1. The van der Waals surface area contributed by atoms with E-state index in [0.29, 0.717) is 21.0 Å². The Morgan fingerprint density at radius 3 is 2.82 bits per heavy atom. The van der Waals surface area contributed by atoms with Crippen LogP contribution in [0.3, 0.4) is 0 Å². The number of nitrogens with one attached hydrogen (secondary N) is 2. The molecule has 0 radical (unpaired) electrons. The topological polar surface area (TPSA) is 109 Å². The van der Waals surface area contributed by atoms with Crippen molar-refractivity contribution in [2.75, 3.05) is 5.32 Å². The minimum atomic E-state index is -0.320. The first-order chi connectivity index (χ1) is 13.7. The van der Waals surface area contributed by atoms with Gasteiger partial charge in [-0.2, -0.15) is 5.10 Å². The first-order valence-electron chi connectivity index (χ1n) is 8.02. The number of thiazole rings is 1. The largest absolute Gasteiger partial charge is 0.296 e. The quantitative estimate of drug-likeness (QED) is 0.477. The number of hydrogen-bond donors (Lipinski definition) is 2. The number of anilines is 1. The lowest BCUT2D eigenvalue weighted by atomic mass is 10.3. The van der Waals surface area contributed by atoms with E-state index >= 15 is 0 Å². The molecule has 2 N–H and O–H groups in total. The number of pyridine rings is 2. The van der Waals surface area contributed by atoms with Gasteiger partial charge in [-0.25, -0.2) is 15.0 Å². The van der Waals surface area contributed by atoms with Crippen LogP contribution in [0.2, 0.25) is 0 Å². The van der Waals surface area contributed by atoms with Crippen molar-refractivity contribution < 1.29 is 4.79 Å². The van der Waals surface area contributed by atoms with Gasteiger partial charge in [0.25, 0.3) is 5.91 Å². The molecule has 0 unspecified atom stereocenters. The Kier molecular flexibility index (Phi) is 5.65. The Morgan fingerprint density at radius 2 is 2.07 bits per heavy atom. The smallest absolute Gasteiger partial charge is 0.277 e. The molecule has 0 bridgehead atoms. The minimum Gasteiger partial charge on any atom is -0.296 e. The summed E-state index contributed by atoms with van der Waals surface area (Å²) in [5.41, 5.74) is 1.39. The van der Waals surface area contributed by atoms with Crippen LogP contribution in [0.1, 0.15) is 16.1 Å². The van der Waals surface area contributed by atoms with Crippen LogP contribution in [-0.2, 0) is 0 Å². The van der Waals surface area contributed by atoms with Crippen molar-refractivity contribution in [1.29, 1.82) is 0 Å². The Hall–Kier alpha value is -2.76. The van der Waals surface area contributed by atoms with Crippen molar-refractivity contribution in [2.45, 2.75) is 26.9 Å². The van der Waals surface area contributed by atoms with E-state index in [1.165, 1.54) is 41.2 Å². The lowest BCUT2D eigenvalue weighted by Gasteiger charge is -2.10. The highest BCUT2D eigenvalue weighted by Gasteiger charge is 2.18. The standard InChI is InChI=1S/C17H13N7OS3/c1-10-4-5-18-8-12(10)27-11-2-3-13(28-17-20-9-21-24-17)22-14(11)15(25)23-16-19-6-7-26-16/h2-9H,1H3,(H,19,23,25)(H,20,21,24). The molecule has 4 aromatic heterocycles. The van der Waals surface area contributed by atoms with Gasteiger partial charge in [-0.3, -0.25) is 20.2 Å². The average molecular weight is 428 g/mol. The van der Waals surface area contributed by atoms with Crippen molar-refractivity contribution in [2.24, 2.45) is 0 Å². The monoisotopic (exact) mass is 427 g/mol. The molecule has 0 aliphatic rings. The minimum absolute atomic E-state index is 0.313. The van der Waals surface area contributed by atoms with E-state index in [0.717, 1.165) is 15.4 Å². The van der Waals surface area contributed by atoms with Crippen molar-refractivity contribution in [1.82, 2.24) is 30.1 Å². The van der Waals surface area contributed by atoms with Gasteiger partial charge in [0.1, 0.15) is 17.0 Å². The van der Waals surface area contributed by atoms with Crippen molar-refractivity contribution >= 4 is 45.9 Å². The molecular formula is C17H13N7OS3. The third-order valence-corrected chi connectivity index (χ3v) is 6.22. The molecule has 1 amide bonds. The summed E-state index contributed by atoms with van der Waals surface area (Å²) in [6, 6.07) is 5.65. The van der Waals surface area contributed by atoms with Crippen molar-refractivity contribution in [3.05, 3.63) is 59.8 Å². The molecular weight excluding hydrogens is 414 g/mol. The van der Waals surface area contributed by atoms with Crippen molar-refractivity contribution in [3.8, 4) is 0 Å². The highest BCUT2D eigenvalue weighted by atomic mass is 32.2. The maximum absolute atomic E-state index is 12.9. The van der Waals surface area contributed by atoms with Crippen LogP contribution in [0.15, 0.2) is 68.5 Å². The summed E-state index contributed by atoms with van der Waals surface area (Å²) in [6.07, 6.45) is 6.58. The summed E-state index contributed by atoms with van der Waals surface area (Å²) in [6.45, 7) is 2.00. The van der Waals surface area contributed by atoms with Gasteiger partial charge < -0.3 is 0 Å². The van der Waals surface area contributed by atoms with Gasteiger partial charge in [0.2, 0.25) is 0 Å². The van der Waals surface area contributed by atoms with Gasteiger partial charge in [0, 0.05) is 33.8 Å². The van der Waals surface area contributed by atoms with Crippen LogP contribution < -0.4 is 5.32 Å². The first-order valence-corrected chi connectivity index (χ1v) is 10.5. The van der Waals surface area contributed by atoms with E-state index in [2.05, 4.69) is 35.5 Å². The number of carbonyl (C=O) groups excluding carboxylic acids is 1. The fraction of sp³-hybridized carbons (Fsp3) is 0.0588. The molecule has 0 aliphatic heterocycles. The number of hydrogen-bond acceptors (Lipinski definition) is 9. The Labute approximate surface area is 172 Å². The predicted molar refractivity (Wildman–Crippen MR) is 108 cm³/mol. The van der Waals surface area contributed by atoms with Crippen LogP contribution in [0.4, 0.5) is 5.13 Å². The zero-order valence-electron chi connectivity index (χ0n) is 14.5. The number of aryl methyl sites for hydroxylation is 1. The molecule has 0 spiro atoms. The molecule has 140 valence electrons. The molecule has 0 aromatic carbocycles. The van der Waals surface area contributed by atoms with E-state index in [-0.39, 0.29) is 5.91 Å². The fourth-order valence-electron chi connectivity index (χ4n) is 2.19. The number of nitrogens with zero attached hydrogens (tertiary/aromatic N) is 5. The van der Waals surface area contributed by atoms with Crippen LogP contribution >= 0.6 is 34.9 Å². The maximum Gasteiger partial charge on any atom is 0.277 e. The molecule has 8 nitrogen and oxygen atoms in total. The van der Waals surface area contributed by atoms with E-state index in [1.54, 1.807) is 24.0 Å². The summed E-state index contributed by atoms with van der Waals surface area (Å²) in [4.78, 5) is 31.5. The molecule has 0 fully saturated rings. The summed E-state index contributed by atoms with van der Waals surface area (Å²) in [5, 5.41) is 12.9. The van der Waals surface area contributed by atoms with Gasteiger partial charge in [-0.15, -0.1) is 11.3 Å². The summed E-state index contributed by atoms with van der Waals surface area (Å²) in [7, 11) is 0. The Morgan fingerprint density at radius 1 is 1.14 bits per heavy atom. The molecule has 0 saturated heterocycles. The number of rotatable bonds is 6. The number of amides is 1. The third kappa shape index (κ3) is 4.38. The molecule has 4 heterocycles. The zero-order chi connectivity index (χ0) is 19.3. The first kappa shape index (κ1) is 18.6. The van der Waals surface area contributed by atoms with Crippen molar-refractivity contribution in [3.63, 3.8) is 0 Å².